The number of hydrogen-bond acceptors (Lipinski definition) is 6. The Morgan fingerprint density at radius 1 is 1.19 bits per heavy atom. The largest absolute Gasteiger partial charge is 0.354 e. The molecule has 6 nitrogen and oxygen atoms in total. The van der Waals surface area contributed by atoms with Gasteiger partial charge in [-0.2, -0.15) is 0 Å². The van der Waals surface area contributed by atoms with Crippen molar-refractivity contribution in [3.8, 4) is 0 Å². The summed E-state index contributed by atoms with van der Waals surface area (Å²) in [6.45, 7) is 0. The van der Waals surface area contributed by atoms with E-state index < -0.39 is 10.0 Å². The highest BCUT2D eigenvalue weighted by Gasteiger charge is 2.14. The van der Waals surface area contributed by atoms with Crippen molar-refractivity contribution in [3.05, 3.63) is 42.5 Å². The standard InChI is InChI=1S/C13H12N4O2S2/c14-21(18,19)13-4-2-1-3-11(13)17-9-5-6-10-12(7-9)20-16-8-15-10/h1-8,17H,(H,15,16)(H2,14,18,19). The van der Waals surface area contributed by atoms with Gasteiger partial charge in [-0.1, -0.05) is 12.1 Å². The van der Waals surface area contributed by atoms with Crippen molar-refractivity contribution in [2.45, 2.75) is 9.79 Å². The number of para-hydroxylation sites is 1. The summed E-state index contributed by atoms with van der Waals surface area (Å²) in [6.07, 6.45) is 1.62. The maximum absolute atomic E-state index is 11.6. The molecule has 1 aliphatic heterocycles. The van der Waals surface area contributed by atoms with Crippen LogP contribution in [0.25, 0.3) is 0 Å². The lowest BCUT2D eigenvalue weighted by Crippen LogP contribution is -2.14. The van der Waals surface area contributed by atoms with E-state index in [4.69, 9.17) is 5.14 Å². The van der Waals surface area contributed by atoms with Crippen LogP contribution in [0.4, 0.5) is 17.1 Å². The zero-order valence-electron chi connectivity index (χ0n) is 10.8. The van der Waals surface area contributed by atoms with Crippen LogP contribution < -0.4 is 15.2 Å². The minimum Gasteiger partial charge on any atom is -0.354 e. The molecule has 4 N–H and O–H groups in total. The molecule has 1 aliphatic rings. The van der Waals surface area contributed by atoms with Crippen LogP contribution in [-0.2, 0) is 10.0 Å². The molecule has 2 aromatic rings. The fourth-order valence-corrected chi connectivity index (χ4v) is 3.28. The summed E-state index contributed by atoms with van der Waals surface area (Å²) in [4.78, 5) is 5.21. The second kappa shape index (κ2) is 5.40. The van der Waals surface area contributed by atoms with E-state index >= 15 is 0 Å². The Kier molecular flexibility index (Phi) is 3.58. The van der Waals surface area contributed by atoms with Gasteiger partial charge >= 0.3 is 0 Å². The number of sulfonamides is 1. The highest BCUT2D eigenvalue weighted by Crippen LogP contribution is 2.34. The molecule has 0 saturated carbocycles. The number of primary sulfonamides is 1. The maximum Gasteiger partial charge on any atom is 0.240 e. The number of benzene rings is 2. The van der Waals surface area contributed by atoms with Gasteiger partial charge in [-0.3, -0.25) is 0 Å². The summed E-state index contributed by atoms with van der Waals surface area (Å²) in [5, 5.41) is 8.30. The molecule has 2 aromatic carbocycles. The first kappa shape index (κ1) is 13.9. The molecule has 0 radical (unpaired) electrons. The molecule has 0 aliphatic carbocycles. The van der Waals surface area contributed by atoms with Crippen LogP contribution in [0.1, 0.15) is 0 Å². The minimum atomic E-state index is -3.77. The third-order valence-electron chi connectivity index (χ3n) is 2.86. The van der Waals surface area contributed by atoms with Crippen molar-refractivity contribution in [1.29, 1.82) is 0 Å². The highest BCUT2D eigenvalue weighted by atomic mass is 32.2. The molecule has 0 bridgehead atoms. The minimum absolute atomic E-state index is 0.0616. The second-order valence-corrected chi connectivity index (χ2v) is 6.74. The van der Waals surface area contributed by atoms with Gasteiger partial charge in [-0.05, 0) is 42.3 Å². The fraction of sp³-hybridized carbons (Fsp3) is 0. The van der Waals surface area contributed by atoms with Crippen LogP contribution in [0.2, 0.25) is 0 Å². The first-order valence-corrected chi connectivity index (χ1v) is 8.38. The molecule has 3 rings (SSSR count). The number of hydrogen-bond donors (Lipinski definition) is 3. The van der Waals surface area contributed by atoms with Gasteiger partial charge in [0.15, 0.2) is 0 Å². The van der Waals surface area contributed by atoms with Crippen LogP contribution in [0, 0.1) is 0 Å². The van der Waals surface area contributed by atoms with Gasteiger partial charge < -0.3 is 10.0 Å². The number of nitrogens with two attached hydrogens (primary N) is 1. The highest BCUT2D eigenvalue weighted by molar-refractivity contribution is 7.98. The lowest BCUT2D eigenvalue weighted by atomic mass is 10.2. The van der Waals surface area contributed by atoms with Crippen LogP contribution in [0.5, 0.6) is 0 Å². The third kappa shape index (κ3) is 3.02. The third-order valence-corrected chi connectivity index (χ3v) is 4.60. The van der Waals surface area contributed by atoms with Crippen molar-refractivity contribution in [3.63, 3.8) is 0 Å². The normalized spacial score (nSPS) is 13.4. The van der Waals surface area contributed by atoms with Crippen molar-refractivity contribution in [2.24, 2.45) is 10.1 Å². The Morgan fingerprint density at radius 3 is 2.81 bits per heavy atom. The molecule has 0 amide bonds. The zero-order valence-corrected chi connectivity index (χ0v) is 12.4. The van der Waals surface area contributed by atoms with E-state index in [0.29, 0.717) is 5.69 Å². The van der Waals surface area contributed by atoms with Gasteiger partial charge in [0.25, 0.3) is 0 Å². The van der Waals surface area contributed by atoms with Crippen molar-refractivity contribution >= 4 is 45.4 Å². The zero-order chi connectivity index (χ0) is 14.9. The molecule has 1 heterocycles. The van der Waals surface area contributed by atoms with Gasteiger partial charge in [0, 0.05) is 5.69 Å². The summed E-state index contributed by atoms with van der Waals surface area (Å²) in [5.41, 5.74) is 2.07. The van der Waals surface area contributed by atoms with E-state index in [0.717, 1.165) is 16.3 Å². The molecule has 0 saturated heterocycles. The van der Waals surface area contributed by atoms with E-state index in [1.165, 1.54) is 18.0 Å². The van der Waals surface area contributed by atoms with Gasteiger partial charge in [-0.25, -0.2) is 18.5 Å². The molecule has 108 valence electrons. The molecule has 0 aromatic heterocycles. The number of anilines is 2. The van der Waals surface area contributed by atoms with E-state index in [9.17, 15) is 8.42 Å². The van der Waals surface area contributed by atoms with Crippen molar-refractivity contribution in [1.82, 2.24) is 4.72 Å². The van der Waals surface area contributed by atoms with Crippen LogP contribution >= 0.6 is 11.9 Å². The SMILES string of the molecule is NS(=O)(=O)c1ccccc1Nc1ccc2c(c1)SNC=N2. The summed E-state index contributed by atoms with van der Waals surface area (Å²) in [5.74, 6) is 0. The van der Waals surface area contributed by atoms with Gasteiger partial charge in [0.1, 0.15) is 4.90 Å². The van der Waals surface area contributed by atoms with E-state index in [2.05, 4.69) is 15.0 Å². The fourth-order valence-electron chi connectivity index (χ4n) is 1.94. The van der Waals surface area contributed by atoms with Gasteiger partial charge in [0.05, 0.1) is 22.6 Å². The quantitative estimate of drug-likeness (QED) is 0.754. The molecule has 0 unspecified atom stereocenters. The molecule has 0 spiro atoms. The van der Waals surface area contributed by atoms with E-state index in [1.807, 2.05) is 18.2 Å². The van der Waals surface area contributed by atoms with Gasteiger partial charge in [0.2, 0.25) is 10.0 Å². The summed E-state index contributed by atoms with van der Waals surface area (Å²) < 4.78 is 26.1. The predicted octanol–water partition coefficient (Wildman–Crippen LogP) is 2.35. The summed E-state index contributed by atoms with van der Waals surface area (Å²) in [6, 6.07) is 12.1. The van der Waals surface area contributed by atoms with Crippen LogP contribution in [0.15, 0.2) is 57.2 Å². The number of rotatable bonds is 3. The monoisotopic (exact) mass is 320 g/mol. The lowest BCUT2D eigenvalue weighted by molar-refractivity contribution is 0.598. The van der Waals surface area contributed by atoms with Crippen LogP contribution in [-0.4, -0.2) is 14.8 Å². The number of nitrogens with zero attached hydrogens (tertiary/aromatic N) is 1. The Bertz CT molecular complexity index is 819. The number of fused-ring (bicyclic) bond motifs is 1. The number of aliphatic imine (C=N–C) groups is 1. The average Bonchev–Trinajstić information content (AvgIpc) is 2.46. The molecule has 0 atom stereocenters. The first-order valence-electron chi connectivity index (χ1n) is 6.02. The van der Waals surface area contributed by atoms with Crippen molar-refractivity contribution in [2.75, 3.05) is 5.32 Å². The van der Waals surface area contributed by atoms with E-state index in [1.54, 1.807) is 24.5 Å². The molecular formula is C13H12N4O2S2. The topological polar surface area (TPSA) is 96.6 Å². The van der Waals surface area contributed by atoms with Gasteiger partial charge in [-0.15, -0.1) is 0 Å². The van der Waals surface area contributed by atoms with Crippen LogP contribution in [0.3, 0.4) is 0 Å². The molecule has 8 heteroatoms. The Balaban J connectivity index is 1.96. The Labute approximate surface area is 126 Å². The first-order chi connectivity index (χ1) is 10.0. The lowest BCUT2D eigenvalue weighted by Gasteiger charge is -2.14. The molecular weight excluding hydrogens is 308 g/mol. The summed E-state index contributed by atoms with van der Waals surface area (Å²) >= 11 is 1.44. The number of nitrogens with one attached hydrogen (secondary N) is 2. The Hall–Kier alpha value is -2.03. The predicted molar refractivity (Wildman–Crippen MR) is 84.7 cm³/mol. The maximum atomic E-state index is 11.6. The summed E-state index contributed by atoms with van der Waals surface area (Å²) in [7, 11) is -3.77. The smallest absolute Gasteiger partial charge is 0.240 e. The molecule has 21 heavy (non-hydrogen) atoms. The second-order valence-electron chi connectivity index (χ2n) is 4.33. The Morgan fingerprint density at radius 2 is 2.00 bits per heavy atom. The van der Waals surface area contributed by atoms with E-state index in [-0.39, 0.29) is 4.90 Å². The average molecular weight is 320 g/mol. The van der Waals surface area contributed by atoms with Crippen molar-refractivity contribution < 1.29 is 8.42 Å². The molecule has 0 fully saturated rings.